The Labute approximate surface area is 130 Å². The van der Waals surface area contributed by atoms with Crippen LogP contribution in [-0.2, 0) is 0 Å². The molecule has 0 saturated carbocycles. The number of rotatable bonds is 6. The molecule has 0 heterocycles. The highest BCUT2D eigenvalue weighted by Gasteiger charge is 2.26. The van der Waals surface area contributed by atoms with Crippen LogP contribution >= 0.6 is 0 Å². The molecule has 0 aliphatic heterocycles. The van der Waals surface area contributed by atoms with Crippen molar-refractivity contribution in [3.63, 3.8) is 0 Å². The fraction of sp³-hybridized carbons (Fsp3) is 0.562. The van der Waals surface area contributed by atoms with E-state index in [1.807, 2.05) is 44.2 Å². The van der Waals surface area contributed by atoms with Gasteiger partial charge in [-0.1, -0.05) is 37.3 Å². The van der Waals surface area contributed by atoms with E-state index >= 15 is 0 Å². The Kier molecular flexibility index (Phi) is 7.21. The van der Waals surface area contributed by atoms with Crippen LogP contribution < -0.4 is 10.6 Å². The molecule has 0 fully saturated rings. The quantitative estimate of drug-likeness (QED) is 0.620. The second-order valence-electron chi connectivity index (χ2n) is 5.26. The molecule has 0 aromatic heterocycles. The van der Waals surface area contributed by atoms with Gasteiger partial charge in [0.1, 0.15) is 0 Å². The van der Waals surface area contributed by atoms with Gasteiger partial charge in [0.2, 0.25) is 0 Å². The standard InChI is InChI=1S/C16H24F3N3/c1-4-20-15(21-11-10-16(17,18)19)22-13(3)12(2)14-8-6-5-7-9-14/h5-9,12-13H,4,10-11H2,1-3H3,(H2,20,21,22). The first-order valence-electron chi connectivity index (χ1n) is 7.50. The van der Waals surface area contributed by atoms with Gasteiger partial charge in [0.05, 0.1) is 13.0 Å². The zero-order valence-corrected chi connectivity index (χ0v) is 13.2. The highest BCUT2D eigenvalue weighted by molar-refractivity contribution is 5.80. The van der Waals surface area contributed by atoms with Crippen LogP contribution in [0.25, 0.3) is 0 Å². The Morgan fingerprint density at radius 1 is 1.18 bits per heavy atom. The third-order valence-electron chi connectivity index (χ3n) is 3.45. The number of guanidine groups is 1. The second kappa shape index (κ2) is 8.66. The largest absolute Gasteiger partial charge is 0.390 e. The summed E-state index contributed by atoms with van der Waals surface area (Å²) in [5.74, 6) is 0.634. The normalized spacial score (nSPS) is 15.3. The predicted octanol–water partition coefficient (Wildman–Crippen LogP) is 3.69. The van der Waals surface area contributed by atoms with Crippen LogP contribution in [0.5, 0.6) is 0 Å². The van der Waals surface area contributed by atoms with Crippen molar-refractivity contribution in [2.24, 2.45) is 4.99 Å². The molecule has 0 spiro atoms. The summed E-state index contributed by atoms with van der Waals surface area (Å²) in [6.45, 7) is 6.28. The Hall–Kier alpha value is -1.72. The van der Waals surface area contributed by atoms with Crippen LogP contribution in [0.4, 0.5) is 13.2 Å². The lowest BCUT2D eigenvalue weighted by Crippen LogP contribution is -2.44. The minimum Gasteiger partial charge on any atom is -0.357 e. The predicted molar refractivity (Wildman–Crippen MR) is 84.1 cm³/mol. The summed E-state index contributed by atoms with van der Waals surface area (Å²) in [6, 6.07) is 10.0. The number of nitrogens with one attached hydrogen (secondary N) is 2. The molecule has 1 aromatic carbocycles. The van der Waals surface area contributed by atoms with Gasteiger partial charge < -0.3 is 10.6 Å². The van der Waals surface area contributed by atoms with Gasteiger partial charge in [-0.15, -0.1) is 0 Å². The van der Waals surface area contributed by atoms with Crippen molar-refractivity contribution in [1.29, 1.82) is 0 Å². The van der Waals surface area contributed by atoms with E-state index in [9.17, 15) is 13.2 Å². The molecule has 124 valence electrons. The molecule has 1 rings (SSSR count). The maximum Gasteiger partial charge on any atom is 0.390 e. The Morgan fingerprint density at radius 3 is 2.36 bits per heavy atom. The van der Waals surface area contributed by atoms with Gasteiger partial charge in [-0.05, 0) is 19.4 Å². The average molecular weight is 315 g/mol. The molecule has 22 heavy (non-hydrogen) atoms. The van der Waals surface area contributed by atoms with Crippen LogP contribution in [0.1, 0.15) is 38.7 Å². The molecule has 2 atom stereocenters. The van der Waals surface area contributed by atoms with Gasteiger partial charge in [0.15, 0.2) is 5.96 Å². The lowest BCUT2D eigenvalue weighted by atomic mass is 9.94. The minimum absolute atomic E-state index is 0.0473. The first-order valence-corrected chi connectivity index (χ1v) is 7.50. The van der Waals surface area contributed by atoms with E-state index in [-0.39, 0.29) is 18.5 Å². The highest BCUT2D eigenvalue weighted by atomic mass is 19.4. The van der Waals surface area contributed by atoms with Gasteiger partial charge in [0.25, 0.3) is 0 Å². The molecule has 0 radical (unpaired) electrons. The number of nitrogens with zero attached hydrogens (tertiary/aromatic N) is 1. The molecule has 0 amide bonds. The molecular formula is C16H24F3N3. The number of halogens is 3. The van der Waals surface area contributed by atoms with Crippen molar-refractivity contribution in [3.8, 4) is 0 Å². The summed E-state index contributed by atoms with van der Waals surface area (Å²) in [5.41, 5.74) is 1.17. The van der Waals surface area contributed by atoms with E-state index in [4.69, 9.17) is 0 Å². The molecular weight excluding hydrogens is 291 g/mol. The fourth-order valence-corrected chi connectivity index (χ4v) is 2.00. The number of hydrogen-bond acceptors (Lipinski definition) is 1. The number of benzene rings is 1. The van der Waals surface area contributed by atoms with Crippen molar-refractivity contribution < 1.29 is 13.2 Å². The molecule has 1 aromatic rings. The summed E-state index contributed by atoms with van der Waals surface area (Å²) in [6.07, 6.45) is -5.09. The molecule has 0 bridgehead atoms. The maximum absolute atomic E-state index is 12.2. The van der Waals surface area contributed by atoms with E-state index in [0.29, 0.717) is 12.5 Å². The van der Waals surface area contributed by atoms with Crippen molar-refractivity contribution >= 4 is 5.96 Å². The van der Waals surface area contributed by atoms with Crippen LogP contribution in [0.15, 0.2) is 35.3 Å². The third-order valence-corrected chi connectivity index (χ3v) is 3.45. The van der Waals surface area contributed by atoms with Gasteiger partial charge >= 0.3 is 6.18 Å². The van der Waals surface area contributed by atoms with Crippen molar-refractivity contribution in [1.82, 2.24) is 10.6 Å². The summed E-state index contributed by atoms with van der Waals surface area (Å²) in [4.78, 5) is 3.99. The van der Waals surface area contributed by atoms with Crippen molar-refractivity contribution in [2.75, 3.05) is 13.1 Å². The monoisotopic (exact) mass is 315 g/mol. The number of alkyl halides is 3. The summed E-state index contributed by atoms with van der Waals surface area (Å²) >= 11 is 0. The van der Waals surface area contributed by atoms with E-state index in [2.05, 4.69) is 22.5 Å². The van der Waals surface area contributed by atoms with E-state index in [1.54, 1.807) is 0 Å². The molecule has 6 heteroatoms. The topological polar surface area (TPSA) is 36.4 Å². The van der Waals surface area contributed by atoms with Crippen molar-refractivity contribution in [2.45, 2.75) is 45.3 Å². The molecule has 0 saturated heterocycles. The van der Waals surface area contributed by atoms with Crippen LogP contribution in [0.3, 0.4) is 0 Å². The lowest BCUT2D eigenvalue weighted by molar-refractivity contribution is -0.132. The smallest absolute Gasteiger partial charge is 0.357 e. The summed E-state index contributed by atoms with van der Waals surface area (Å²) in [7, 11) is 0. The zero-order valence-electron chi connectivity index (χ0n) is 13.2. The van der Waals surface area contributed by atoms with Gasteiger partial charge in [-0.25, -0.2) is 0 Å². The summed E-state index contributed by atoms with van der Waals surface area (Å²) < 4.78 is 36.6. The highest BCUT2D eigenvalue weighted by Crippen LogP contribution is 2.20. The van der Waals surface area contributed by atoms with Crippen LogP contribution in [0.2, 0.25) is 0 Å². The Bertz CT molecular complexity index is 457. The first kappa shape index (κ1) is 18.3. The minimum atomic E-state index is -4.18. The lowest BCUT2D eigenvalue weighted by Gasteiger charge is -2.24. The molecule has 0 aliphatic rings. The molecule has 3 nitrogen and oxygen atoms in total. The SMILES string of the molecule is CCNC(=NCCC(F)(F)F)NC(C)C(C)c1ccccc1. The first-order chi connectivity index (χ1) is 10.3. The number of aliphatic imine (C=N–C) groups is 1. The van der Waals surface area contributed by atoms with E-state index in [1.165, 1.54) is 5.56 Å². The number of hydrogen-bond donors (Lipinski definition) is 2. The molecule has 2 unspecified atom stereocenters. The van der Waals surface area contributed by atoms with Crippen LogP contribution in [-0.4, -0.2) is 31.3 Å². The second-order valence-corrected chi connectivity index (χ2v) is 5.26. The van der Waals surface area contributed by atoms with Gasteiger partial charge in [-0.2, -0.15) is 13.2 Å². The van der Waals surface area contributed by atoms with Gasteiger partial charge in [0, 0.05) is 18.5 Å². The van der Waals surface area contributed by atoms with E-state index < -0.39 is 12.6 Å². The fourth-order valence-electron chi connectivity index (χ4n) is 2.00. The van der Waals surface area contributed by atoms with Crippen LogP contribution in [0, 0.1) is 0 Å². The third kappa shape index (κ3) is 6.83. The zero-order chi connectivity index (χ0) is 16.6. The Morgan fingerprint density at radius 2 is 1.82 bits per heavy atom. The summed E-state index contributed by atoms with van der Waals surface area (Å²) in [5, 5.41) is 6.15. The maximum atomic E-state index is 12.2. The van der Waals surface area contributed by atoms with Gasteiger partial charge in [-0.3, -0.25) is 4.99 Å². The molecule has 0 aliphatic carbocycles. The Balaban J connectivity index is 2.63. The van der Waals surface area contributed by atoms with E-state index in [0.717, 1.165) is 0 Å². The van der Waals surface area contributed by atoms with Crippen molar-refractivity contribution in [3.05, 3.63) is 35.9 Å². The average Bonchev–Trinajstić information content (AvgIpc) is 2.46. The molecule has 2 N–H and O–H groups in total.